The summed E-state index contributed by atoms with van der Waals surface area (Å²) >= 11 is 0. The molecule has 32 heavy (non-hydrogen) atoms. The molecule has 1 aliphatic carbocycles. The molecule has 4 nitrogen and oxygen atoms in total. The summed E-state index contributed by atoms with van der Waals surface area (Å²) in [6.45, 7) is 2.85. The highest BCUT2D eigenvalue weighted by Gasteiger charge is 2.34. The number of nitrogens with zero attached hydrogens (tertiary/aromatic N) is 3. The van der Waals surface area contributed by atoms with E-state index in [1.807, 2.05) is 31.2 Å². The van der Waals surface area contributed by atoms with Crippen LogP contribution in [0.2, 0.25) is 0 Å². The van der Waals surface area contributed by atoms with Gasteiger partial charge in [0.15, 0.2) is 0 Å². The highest BCUT2D eigenvalue weighted by Crippen LogP contribution is 2.44. The summed E-state index contributed by atoms with van der Waals surface area (Å²) in [7, 11) is 0. The van der Waals surface area contributed by atoms with E-state index in [4.69, 9.17) is 5.73 Å². The number of rotatable bonds is 1. The van der Waals surface area contributed by atoms with E-state index in [-0.39, 0.29) is 18.2 Å². The Morgan fingerprint density at radius 1 is 0.938 bits per heavy atom. The largest absolute Gasteiger partial charge is 0.368 e. The number of fused-ring (bicyclic) bond motifs is 1. The Morgan fingerprint density at radius 2 is 1.69 bits per heavy atom. The third-order valence-electron chi connectivity index (χ3n) is 6.16. The molecule has 0 fully saturated rings. The number of halogens is 2. The second-order valence-electron chi connectivity index (χ2n) is 8.21. The fourth-order valence-corrected chi connectivity index (χ4v) is 4.83. The van der Waals surface area contributed by atoms with E-state index < -0.39 is 0 Å². The van der Waals surface area contributed by atoms with Crippen molar-refractivity contribution in [1.29, 1.82) is 0 Å². The lowest BCUT2D eigenvalue weighted by Gasteiger charge is -2.36. The SMILES string of the molecule is Cc1cccc(F)c1.Cl.Nc1nc(N2CCc3cccc4c3C2CC4)c2ccccc2n1. The third-order valence-corrected chi connectivity index (χ3v) is 6.16. The van der Waals surface area contributed by atoms with Crippen LogP contribution in [0.1, 0.15) is 34.7 Å². The van der Waals surface area contributed by atoms with Gasteiger partial charge in [0.2, 0.25) is 5.95 Å². The van der Waals surface area contributed by atoms with Gasteiger partial charge in [0.25, 0.3) is 0 Å². The van der Waals surface area contributed by atoms with Gasteiger partial charge in [-0.15, -0.1) is 12.4 Å². The molecule has 0 spiro atoms. The van der Waals surface area contributed by atoms with Gasteiger partial charge in [-0.05, 0) is 72.7 Å². The summed E-state index contributed by atoms with van der Waals surface area (Å²) in [5.41, 5.74) is 12.4. The number of nitrogens with two attached hydrogens (primary N) is 1. The zero-order valence-electron chi connectivity index (χ0n) is 18.0. The summed E-state index contributed by atoms with van der Waals surface area (Å²) in [6.07, 6.45) is 3.38. The Labute approximate surface area is 193 Å². The quantitative estimate of drug-likeness (QED) is 0.398. The molecule has 4 aromatic rings. The van der Waals surface area contributed by atoms with Crippen molar-refractivity contribution in [3.8, 4) is 0 Å². The standard InChI is InChI=1S/C19H18N4.C7H7F.ClH/c20-19-21-15-7-2-1-6-14(15)18(22-19)23-11-10-13-5-3-4-12-8-9-16(23)17(12)13;1-6-3-2-4-7(8)5-6;/h1-7,16H,8-11H2,(H2,20,21,22);2-5H,1H3;1H. The van der Waals surface area contributed by atoms with Crippen LogP contribution in [-0.4, -0.2) is 16.5 Å². The van der Waals surface area contributed by atoms with Gasteiger partial charge in [-0.25, -0.2) is 9.37 Å². The molecular formula is C26H26ClFN4. The maximum atomic E-state index is 12.2. The summed E-state index contributed by atoms with van der Waals surface area (Å²) in [6, 6.07) is 21.8. The van der Waals surface area contributed by atoms with Gasteiger partial charge in [-0.3, -0.25) is 0 Å². The van der Waals surface area contributed by atoms with Gasteiger partial charge in [0.05, 0.1) is 11.6 Å². The molecule has 1 unspecified atom stereocenters. The maximum Gasteiger partial charge on any atom is 0.222 e. The molecule has 164 valence electrons. The zero-order chi connectivity index (χ0) is 21.4. The highest BCUT2D eigenvalue weighted by molar-refractivity contribution is 5.90. The summed E-state index contributed by atoms with van der Waals surface area (Å²) in [5, 5.41) is 1.09. The number of aryl methyl sites for hydroxylation is 2. The topological polar surface area (TPSA) is 55.0 Å². The van der Waals surface area contributed by atoms with Crippen molar-refractivity contribution in [2.45, 2.75) is 32.2 Å². The number of hydrogen-bond donors (Lipinski definition) is 1. The minimum Gasteiger partial charge on any atom is -0.368 e. The van der Waals surface area contributed by atoms with Crippen LogP contribution in [0.25, 0.3) is 10.9 Å². The molecule has 0 saturated carbocycles. The van der Waals surface area contributed by atoms with Gasteiger partial charge >= 0.3 is 0 Å². The lowest BCUT2D eigenvalue weighted by Crippen LogP contribution is -2.35. The average molecular weight is 449 g/mol. The predicted molar refractivity (Wildman–Crippen MR) is 131 cm³/mol. The minimum atomic E-state index is -0.162. The second kappa shape index (κ2) is 9.13. The van der Waals surface area contributed by atoms with Crippen molar-refractivity contribution in [3.63, 3.8) is 0 Å². The van der Waals surface area contributed by atoms with Gasteiger partial charge in [-0.1, -0.05) is 42.5 Å². The van der Waals surface area contributed by atoms with Crippen LogP contribution >= 0.6 is 12.4 Å². The Kier molecular flexibility index (Phi) is 6.28. The number of aromatic nitrogens is 2. The normalized spacial score (nSPS) is 16.1. The van der Waals surface area contributed by atoms with Crippen molar-refractivity contribution in [2.24, 2.45) is 0 Å². The first-order chi connectivity index (χ1) is 15.1. The van der Waals surface area contributed by atoms with Crippen molar-refractivity contribution in [1.82, 2.24) is 9.97 Å². The molecule has 6 rings (SSSR count). The second-order valence-corrected chi connectivity index (χ2v) is 8.21. The number of benzene rings is 3. The van der Waals surface area contributed by atoms with E-state index in [1.54, 1.807) is 6.07 Å². The van der Waals surface area contributed by atoms with Crippen LogP contribution in [0.15, 0.2) is 66.7 Å². The van der Waals surface area contributed by atoms with Crippen molar-refractivity contribution in [2.75, 3.05) is 17.2 Å². The minimum absolute atomic E-state index is 0. The number of hydrogen-bond acceptors (Lipinski definition) is 4. The molecule has 0 saturated heterocycles. The Morgan fingerprint density at radius 3 is 2.44 bits per heavy atom. The number of para-hydroxylation sites is 1. The monoisotopic (exact) mass is 448 g/mol. The predicted octanol–water partition coefficient (Wildman–Crippen LogP) is 5.82. The average Bonchev–Trinajstić information content (AvgIpc) is 3.20. The molecule has 0 amide bonds. The molecule has 3 aromatic carbocycles. The molecule has 2 heterocycles. The molecule has 1 aromatic heterocycles. The number of nitrogen functional groups attached to an aromatic ring is 1. The first-order valence-electron chi connectivity index (χ1n) is 10.7. The van der Waals surface area contributed by atoms with Crippen molar-refractivity contribution < 1.29 is 4.39 Å². The highest BCUT2D eigenvalue weighted by atomic mass is 35.5. The summed E-state index contributed by atoms with van der Waals surface area (Å²) in [5.74, 6) is 1.18. The molecule has 0 bridgehead atoms. The first kappa shape index (κ1) is 22.0. The van der Waals surface area contributed by atoms with Crippen LogP contribution in [-0.2, 0) is 12.8 Å². The molecule has 2 aliphatic rings. The first-order valence-corrected chi connectivity index (χ1v) is 10.7. The zero-order valence-corrected chi connectivity index (χ0v) is 18.8. The van der Waals surface area contributed by atoms with Crippen molar-refractivity contribution >= 4 is 35.1 Å². The summed E-state index contributed by atoms with van der Waals surface area (Å²) < 4.78 is 12.2. The third kappa shape index (κ3) is 4.13. The smallest absolute Gasteiger partial charge is 0.222 e. The van der Waals surface area contributed by atoms with E-state index >= 15 is 0 Å². The van der Waals surface area contributed by atoms with Crippen LogP contribution in [0.3, 0.4) is 0 Å². The van der Waals surface area contributed by atoms with Crippen LogP contribution < -0.4 is 10.6 Å². The molecular weight excluding hydrogens is 423 g/mol. The maximum absolute atomic E-state index is 12.2. The fraction of sp³-hybridized carbons (Fsp3) is 0.231. The van der Waals surface area contributed by atoms with E-state index in [9.17, 15) is 4.39 Å². The van der Waals surface area contributed by atoms with Crippen molar-refractivity contribution in [3.05, 3.63) is 94.8 Å². The van der Waals surface area contributed by atoms with E-state index in [2.05, 4.69) is 39.1 Å². The van der Waals surface area contributed by atoms with Gasteiger partial charge in [-0.2, -0.15) is 4.98 Å². The van der Waals surface area contributed by atoms with E-state index in [0.29, 0.717) is 12.0 Å². The molecule has 2 N–H and O–H groups in total. The van der Waals surface area contributed by atoms with E-state index in [1.165, 1.54) is 28.8 Å². The van der Waals surface area contributed by atoms with Gasteiger partial charge in [0, 0.05) is 11.9 Å². The summed E-state index contributed by atoms with van der Waals surface area (Å²) in [4.78, 5) is 11.4. The van der Waals surface area contributed by atoms with E-state index in [0.717, 1.165) is 48.1 Å². The lowest BCUT2D eigenvalue weighted by molar-refractivity contribution is 0.579. The lowest BCUT2D eigenvalue weighted by atomic mass is 9.93. The molecule has 1 atom stereocenters. The molecule has 0 radical (unpaired) electrons. The van der Waals surface area contributed by atoms with Crippen LogP contribution in [0.4, 0.5) is 16.2 Å². The van der Waals surface area contributed by atoms with Gasteiger partial charge < -0.3 is 10.6 Å². The fourth-order valence-electron chi connectivity index (χ4n) is 4.83. The Bertz CT molecular complexity index is 1240. The number of anilines is 2. The molecule has 1 aliphatic heterocycles. The van der Waals surface area contributed by atoms with Crippen LogP contribution in [0, 0.1) is 12.7 Å². The van der Waals surface area contributed by atoms with Crippen LogP contribution in [0.5, 0.6) is 0 Å². The Hall–Kier alpha value is -3.18. The van der Waals surface area contributed by atoms with Gasteiger partial charge in [0.1, 0.15) is 11.6 Å². The molecule has 6 heteroatoms. The Balaban J connectivity index is 0.000000233.